The summed E-state index contributed by atoms with van der Waals surface area (Å²) in [6.45, 7) is 3.12. The van der Waals surface area contributed by atoms with Gasteiger partial charge in [-0.1, -0.05) is 25.4 Å². The Kier molecular flexibility index (Phi) is 4.83. The Labute approximate surface area is 120 Å². The summed E-state index contributed by atoms with van der Waals surface area (Å²) in [6, 6.07) is 5.15. The number of ketones is 1. The molecule has 6 nitrogen and oxygen atoms in total. The first kappa shape index (κ1) is 15.7. The monoisotopic (exact) mass is 294 g/mol. The second-order valence-corrected chi connectivity index (χ2v) is 4.71. The molecule has 0 spiro atoms. The van der Waals surface area contributed by atoms with Crippen LogP contribution in [0.3, 0.4) is 0 Å². The van der Waals surface area contributed by atoms with Crippen molar-refractivity contribution in [2.45, 2.75) is 13.8 Å². The first-order chi connectivity index (χ1) is 9.29. The highest BCUT2D eigenvalue weighted by atomic mass is 35.5. The van der Waals surface area contributed by atoms with Gasteiger partial charge in [0, 0.05) is 17.0 Å². The lowest BCUT2D eigenvalue weighted by molar-refractivity contribution is -0.385. The van der Waals surface area contributed by atoms with Gasteiger partial charge in [-0.15, -0.1) is 0 Å². The highest BCUT2D eigenvalue weighted by Gasteiger charge is 2.24. The van der Waals surface area contributed by atoms with Crippen molar-refractivity contribution in [3.05, 3.63) is 44.5 Å². The second kappa shape index (κ2) is 6.17. The molecule has 0 saturated heterocycles. The maximum Gasteiger partial charge on any atom is 0.281 e. The first-order valence-corrected chi connectivity index (χ1v) is 5.99. The SMILES string of the molecule is CC(C)C(=O)C(C#N)=C(O)c1ccc(Cl)cc1[N+](=O)[O-]. The van der Waals surface area contributed by atoms with E-state index in [1.807, 2.05) is 0 Å². The molecule has 0 bridgehead atoms. The number of carbonyl (C=O) groups excluding carboxylic acids is 1. The average molecular weight is 295 g/mol. The summed E-state index contributed by atoms with van der Waals surface area (Å²) < 4.78 is 0. The summed E-state index contributed by atoms with van der Waals surface area (Å²) in [4.78, 5) is 22.0. The summed E-state index contributed by atoms with van der Waals surface area (Å²) in [6.07, 6.45) is 0. The van der Waals surface area contributed by atoms with E-state index in [1.165, 1.54) is 12.1 Å². The molecule has 1 rings (SSSR count). The zero-order chi connectivity index (χ0) is 15.4. The molecule has 7 heteroatoms. The van der Waals surface area contributed by atoms with Gasteiger partial charge >= 0.3 is 0 Å². The molecule has 0 radical (unpaired) electrons. The van der Waals surface area contributed by atoms with Crippen molar-refractivity contribution in [2.24, 2.45) is 5.92 Å². The average Bonchev–Trinajstić information content (AvgIpc) is 2.38. The number of aliphatic hydroxyl groups excluding tert-OH is 1. The van der Waals surface area contributed by atoms with Crippen LogP contribution in [-0.2, 0) is 4.79 Å². The zero-order valence-corrected chi connectivity index (χ0v) is 11.5. The number of carbonyl (C=O) groups is 1. The topological polar surface area (TPSA) is 104 Å². The Morgan fingerprint density at radius 3 is 2.55 bits per heavy atom. The lowest BCUT2D eigenvalue weighted by Crippen LogP contribution is -2.11. The van der Waals surface area contributed by atoms with Crippen LogP contribution in [-0.4, -0.2) is 15.8 Å². The summed E-state index contributed by atoms with van der Waals surface area (Å²) in [5.41, 5.74) is -1.20. The van der Waals surface area contributed by atoms with E-state index in [0.717, 1.165) is 6.07 Å². The maximum atomic E-state index is 11.8. The zero-order valence-electron chi connectivity index (χ0n) is 10.8. The Morgan fingerprint density at radius 1 is 1.50 bits per heavy atom. The molecule has 0 aliphatic heterocycles. The molecule has 0 fully saturated rings. The number of rotatable bonds is 4. The van der Waals surface area contributed by atoms with Crippen LogP contribution in [0.4, 0.5) is 5.69 Å². The Morgan fingerprint density at radius 2 is 2.10 bits per heavy atom. The molecule has 0 amide bonds. The third kappa shape index (κ3) is 3.13. The van der Waals surface area contributed by atoms with E-state index in [9.17, 15) is 20.0 Å². The van der Waals surface area contributed by atoms with Crippen LogP contribution < -0.4 is 0 Å². The van der Waals surface area contributed by atoms with Gasteiger partial charge in [0.25, 0.3) is 5.69 Å². The van der Waals surface area contributed by atoms with E-state index in [1.54, 1.807) is 19.9 Å². The predicted molar refractivity (Wildman–Crippen MR) is 73.1 cm³/mol. The molecule has 1 N–H and O–H groups in total. The number of allylic oxidation sites excluding steroid dienone is 1. The van der Waals surface area contributed by atoms with Gasteiger partial charge in [-0.2, -0.15) is 5.26 Å². The maximum absolute atomic E-state index is 11.8. The number of nitriles is 1. The van der Waals surface area contributed by atoms with Crippen LogP contribution in [0.5, 0.6) is 0 Å². The molecule has 0 unspecified atom stereocenters. The number of halogens is 1. The van der Waals surface area contributed by atoms with Crippen molar-refractivity contribution in [2.75, 3.05) is 0 Å². The normalized spacial score (nSPS) is 11.8. The van der Waals surface area contributed by atoms with E-state index in [4.69, 9.17) is 16.9 Å². The lowest BCUT2D eigenvalue weighted by atomic mass is 9.98. The van der Waals surface area contributed by atoms with Crippen LogP contribution in [0.25, 0.3) is 5.76 Å². The Bertz CT molecular complexity index is 644. The van der Waals surface area contributed by atoms with Gasteiger partial charge < -0.3 is 5.11 Å². The molecule has 0 aliphatic carbocycles. The van der Waals surface area contributed by atoms with E-state index in [0.29, 0.717) is 0 Å². The summed E-state index contributed by atoms with van der Waals surface area (Å²) >= 11 is 5.66. The highest BCUT2D eigenvalue weighted by Crippen LogP contribution is 2.30. The Balaban J connectivity index is 3.54. The van der Waals surface area contributed by atoms with Crippen molar-refractivity contribution in [3.8, 4) is 6.07 Å². The van der Waals surface area contributed by atoms with Crippen molar-refractivity contribution in [1.82, 2.24) is 0 Å². The standard InChI is InChI=1S/C13H11ClN2O4/c1-7(2)12(17)10(6-15)13(18)9-4-3-8(14)5-11(9)16(19)20/h3-5,7,18H,1-2H3. The van der Waals surface area contributed by atoms with Gasteiger partial charge in [-0.05, 0) is 12.1 Å². The summed E-state index contributed by atoms with van der Waals surface area (Å²) in [7, 11) is 0. The van der Waals surface area contributed by atoms with Crippen molar-refractivity contribution in [1.29, 1.82) is 5.26 Å². The van der Waals surface area contributed by atoms with Crippen LogP contribution in [0, 0.1) is 27.4 Å². The van der Waals surface area contributed by atoms with Crippen molar-refractivity contribution in [3.63, 3.8) is 0 Å². The molecule has 0 atom stereocenters. The molecular formula is C13H11ClN2O4. The molecule has 0 aliphatic rings. The van der Waals surface area contributed by atoms with Crippen molar-refractivity contribution >= 4 is 28.8 Å². The molecule has 1 aromatic carbocycles. The van der Waals surface area contributed by atoms with Gasteiger partial charge in [-0.3, -0.25) is 14.9 Å². The van der Waals surface area contributed by atoms with Gasteiger partial charge in [-0.25, -0.2) is 0 Å². The van der Waals surface area contributed by atoms with Gasteiger partial charge in [0.1, 0.15) is 11.6 Å². The molecule has 0 saturated carbocycles. The van der Waals surface area contributed by atoms with E-state index < -0.39 is 33.6 Å². The third-order valence-corrected chi connectivity index (χ3v) is 2.77. The minimum atomic E-state index is -0.744. The van der Waals surface area contributed by atoms with Crippen LogP contribution in [0.1, 0.15) is 19.4 Å². The van der Waals surface area contributed by atoms with E-state index in [2.05, 4.69) is 0 Å². The van der Waals surface area contributed by atoms with Gasteiger partial charge in [0.2, 0.25) is 0 Å². The fourth-order valence-electron chi connectivity index (χ4n) is 1.50. The van der Waals surface area contributed by atoms with Crippen LogP contribution in [0.2, 0.25) is 5.02 Å². The molecule has 104 valence electrons. The fraction of sp³-hybridized carbons (Fsp3) is 0.231. The minimum Gasteiger partial charge on any atom is -0.506 e. The number of nitrogens with zero attached hydrogens (tertiary/aromatic N) is 2. The number of Topliss-reactive ketones (excluding diaryl/α,β-unsaturated/α-hetero) is 1. The lowest BCUT2D eigenvalue weighted by Gasteiger charge is -2.07. The van der Waals surface area contributed by atoms with E-state index >= 15 is 0 Å². The number of nitro groups is 1. The third-order valence-electron chi connectivity index (χ3n) is 2.53. The van der Waals surface area contributed by atoms with E-state index in [-0.39, 0.29) is 10.6 Å². The predicted octanol–water partition coefficient (Wildman–Crippen LogP) is 3.27. The smallest absolute Gasteiger partial charge is 0.281 e. The fourth-order valence-corrected chi connectivity index (χ4v) is 1.67. The largest absolute Gasteiger partial charge is 0.506 e. The number of aliphatic hydroxyl groups is 1. The van der Waals surface area contributed by atoms with Crippen LogP contribution in [0.15, 0.2) is 23.8 Å². The molecule has 20 heavy (non-hydrogen) atoms. The molecule has 0 heterocycles. The summed E-state index contributed by atoms with van der Waals surface area (Å²) in [5.74, 6) is -1.82. The van der Waals surface area contributed by atoms with Crippen LogP contribution >= 0.6 is 11.6 Å². The number of hydrogen-bond donors (Lipinski definition) is 1. The number of nitro benzene ring substituents is 1. The Hall–Kier alpha value is -2.39. The molecular weight excluding hydrogens is 284 g/mol. The second-order valence-electron chi connectivity index (χ2n) is 4.27. The highest BCUT2D eigenvalue weighted by molar-refractivity contribution is 6.30. The quantitative estimate of drug-likeness (QED) is 0.302. The molecule has 0 aromatic heterocycles. The van der Waals surface area contributed by atoms with Crippen molar-refractivity contribution < 1.29 is 14.8 Å². The number of hydrogen-bond acceptors (Lipinski definition) is 5. The number of benzene rings is 1. The minimum absolute atomic E-state index is 0.113. The van der Waals surface area contributed by atoms with Gasteiger partial charge in [0.15, 0.2) is 11.5 Å². The summed E-state index contributed by atoms with van der Waals surface area (Å²) in [5, 5.41) is 30.0. The van der Waals surface area contributed by atoms with Gasteiger partial charge in [0.05, 0.1) is 10.5 Å². The molecule has 1 aromatic rings. The first-order valence-electron chi connectivity index (χ1n) is 5.61.